The van der Waals surface area contributed by atoms with Gasteiger partial charge in [-0.05, 0) is 48.5 Å². The van der Waals surface area contributed by atoms with Gasteiger partial charge < -0.3 is 4.98 Å². The molecule has 0 fully saturated rings. The van der Waals surface area contributed by atoms with Crippen molar-refractivity contribution in [3.05, 3.63) is 46.1 Å². The third-order valence-electron chi connectivity index (χ3n) is 2.56. The van der Waals surface area contributed by atoms with Crippen LogP contribution in [-0.4, -0.2) is 9.97 Å². The Balaban J connectivity index is 2.64. The third-order valence-corrected chi connectivity index (χ3v) is 2.77. The Morgan fingerprint density at radius 1 is 1.26 bits per heavy atom. The van der Waals surface area contributed by atoms with Gasteiger partial charge in [-0.15, -0.1) is 0 Å². The lowest BCUT2D eigenvalue weighted by atomic mass is 10.0. The SMILES string of the molecule is Cc1cnc(=S)[nH]c1-c1ccc(F)c(C(F)(F)F)c1. The molecule has 0 amide bonds. The molecule has 0 unspecified atom stereocenters. The van der Waals surface area contributed by atoms with Crippen molar-refractivity contribution in [3.63, 3.8) is 0 Å². The first kappa shape index (κ1) is 13.7. The van der Waals surface area contributed by atoms with Gasteiger partial charge in [0.15, 0.2) is 4.77 Å². The lowest BCUT2D eigenvalue weighted by Gasteiger charge is -2.11. The van der Waals surface area contributed by atoms with Gasteiger partial charge in [-0.1, -0.05) is 0 Å². The summed E-state index contributed by atoms with van der Waals surface area (Å²) >= 11 is 4.83. The molecule has 0 aliphatic heterocycles. The molecule has 1 heterocycles. The summed E-state index contributed by atoms with van der Waals surface area (Å²) in [5.74, 6) is -1.30. The van der Waals surface area contributed by atoms with Crippen LogP contribution in [0.3, 0.4) is 0 Å². The summed E-state index contributed by atoms with van der Waals surface area (Å²) in [6, 6.07) is 2.80. The highest BCUT2D eigenvalue weighted by Gasteiger charge is 2.34. The normalized spacial score (nSPS) is 11.6. The average Bonchev–Trinajstić information content (AvgIpc) is 2.31. The summed E-state index contributed by atoms with van der Waals surface area (Å²) in [7, 11) is 0. The summed E-state index contributed by atoms with van der Waals surface area (Å²) in [5, 5.41) is 0. The fourth-order valence-corrected chi connectivity index (χ4v) is 1.81. The van der Waals surface area contributed by atoms with Crippen LogP contribution in [0.25, 0.3) is 11.3 Å². The molecule has 0 atom stereocenters. The van der Waals surface area contributed by atoms with Gasteiger partial charge in [0.05, 0.1) is 11.3 Å². The number of aromatic amines is 1. The van der Waals surface area contributed by atoms with E-state index >= 15 is 0 Å². The monoisotopic (exact) mass is 288 g/mol. The van der Waals surface area contributed by atoms with E-state index in [1.807, 2.05) is 0 Å². The minimum Gasteiger partial charge on any atom is -0.330 e. The van der Waals surface area contributed by atoms with Crippen molar-refractivity contribution >= 4 is 12.2 Å². The molecule has 7 heteroatoms. The standard InChI is InChI=1S/C12H8F4N2S/c1-6-5-17-11(19)18-10(6)7-2-3-9(13)8(4-7)12(14,15)16/h2-5H,1H3,(H,17,18,19). The second-order valence-electron chi connectivity index (χ2n) is 3.94. The molecule has 2 nitrogen and oxygen atoms in total. The Labute approximate surface area is 111 Å². The molecule has 0 spiro atoms. The second kappa shape index (κ2) is 4.73. The van der Waals surface area contributed by atoms with E-state index < -0.39 is 17.6 Å². The number of hydrogen-bond acceptors (Lipinski definition) is 2. The van der Waals surface area contributed by atoms with E-state index in [0.29, 0.717) is 11.3 Å². The van der Waals surface area contributed by atoms with Crippen molar-refractivity contribution in [1.82, 2.24) is 9.97 Å². The van der Waals surface area contributed by atoms with Crippen LogP contribution in [0.4, 0.5) is 17.6 Å². The number of benzene rings is 1. The molecule has 1 aromatic carbocycles. The molecule has 0 saturated carbocycles. The molecule has 0 aliphatic carbocycles. The van der Waals surface area contributed by atoms with Crippen LogP contribution < -0.4 is 0 Å². The first-order valence-corrected chi connectivity index (χ1v) is 5.63. The number of alkyl halides is 3. The van der Waals surface area contributed by atoms with Gasteiger partial charge in [0, 0.05) is 6.20 Å². The van der Waals surface area contributed by atoms with E-state index in [1.165, 1.54) is 12.3 Å². The predicted octanol–water partition coefficient (Wildman–Crippen LogP) is 4.27. The number of nitrogens with zero attached hydrogens (tertiary/aromatic N) is 1. The second-order valence-corrected chi connectivity index (χ2v) is 4.33. The lowest BCUT2D eigenvalue weighted by molar-refractivity contribution is -0.139. The number of rotatable bonds is 1. The van der Waals surface area contributed by atoms with Crippen molar-refractivity contribution in [3.8, 4) is 11.3 Å². The molecule has 2 aromatic rings. The third kappa shape index (κ3) is 2.81. The van der Waals surface area contributed by atoms with Crippen LogP contribution in [0.5, 0.6) is 0 Å². The average molecular weight is 288 g/mol. The maximum Gasteiger partial charge on any atom is 0.419 e. The molecule has 0 bridgehead atoms. The van der Waals surface area contributed by atoms with Crippen molar-refractivity contribution < 1.29 is 17.6 Å². The van der Waals surface area contributed by atoms with Gasteiger partial charge in [0.2, 0.25) is 0 Å². The van der Waals surface area contributed by atoms with Crippen LogP contribution in [-0.2, 0) is 6.18 Å². The minimum atomic E-state index is -4.74. The van der Waals surface area contributed by atoms with Gasteiger partial charge in [0.1, 0.15) is 5.82 Å². The Bertz CT molecular complexity index is 676. The van der Waals surface area contributed by atoms with Crippen LogP contribution in [0.1, 0.15) is 11.1 Å². The van der Waals surface area contributed by atoms with Crippen molar-refractivity contribution in [2.45, 2.75) is 13.1 Å². The van der Waals surface area contributed by atoms with E-state index in [1.54, 1.807) is 6.92 Å². The largest absolute Gasteiger partial charge is 0.419 e. The van der Waals surface area contributed by atoms with Crippen LogP contribution in [0.2, 0.25) is 0 Å². The molecule has 1 N–H and O–H groups in total. The number of aromatic nitrogens is 2. The number of halogens is 4. The lowest BCUT2D eigenvalue weighted by Crippen LogP contribution is -2.08. The van der Waals surface area contributed by atoms with E-state index in [2.05, 4.69) is 9.97 Å². The molecule has 100 valence electrons. The Morgan fingerprint density at radius 3 is 2.58 bits per heavy atom. The Morgan fingerprint density at radius 2 is 1.95 bits per heavy atom. The number of H-pyrrole nitrogens is 1. The zero-order chi connectivity index (χ0) is 14.2. The van der Waals surface area contributed by atoms with Gasteiger partial charge in [0.25, 0.3) is 0 Å². The van der Waals surface area contributed by atoms with Gasteiger partial charge in [-0.3, -0.25) is 0 Å². The van der Waals surface area contributed by atoms with Crippen molar-refractivity contribution in [2.75, 3.05) is 0 Å². The van der Waals surface area contributed by atoms with Crippen LogP contribution in [0, 0.1) is 17.5 Å². The van der Waals surface area contributed by atoms with Crippen molar-refractivity contribution in [1.29, 1.82) is 0 Å². The van der Waals surface area contributed by atoms with E-state index in [0.717, 1.165) is 12.1 Å². The molecule has 0 aliphatic rings. The highest BCUT2D eigenvalue weighted by Crippen LogP contribution is 2.34. The van der Waals surface area contributed by atoms with Crippen molar-refractivity contribution in [2.24, 2.45) is 0 Å². The maximum absolute atomic E-state index is 13.2. The summed E-state index contributed by atoms with van der Waals surface area (Å²) in [6.45, 7) is 1.67. The quantitative estimate of drug-likeness (QED) is 0.627. The summed E-state index contributed by atoms with van der Waals surface area (Å²) in [5.41, 5.74) is -0.0842. The zero-order valence-corrected chi connectivity index (χ0v) is 10.5. The van der Waals surface area contributed by atoms with Crippen LogP contribution >= 0.6 is 12.2 Å². The number of hydrogen-bond donors (Lipinski definition) is 1. The zero-order valence-electron chi connectivity index (χ0n) is 9.68. The summed E-state index contributed by atoms with van der Waals surface area (Å²) in [6.07, 6.45) is -3.29. The Hall–Kier alpha value is -1.76. The molecule has 19 heavy (non-hydrogen) atoms. The first-order chi connectivity index (χ1) is 8.79. The predicted molar refractivity (Wildman–Crippen MR) is 64.6 cm³/mol. The van der Waals surface area contributed by atoms with Crippen LogP contribution in [0.15, 0.2) is 24.4 Å². The molecule has 0 radical (unpaired) electrons. The minimum absolute atomic E-state index is 0.151. The van der Waals surface area contributed by atoms with Gasteiger partial charge >= 0.3 is 6.18 Å². The molecule has 0 saturated heterocycles. The highest BCUT2D eigenvalue weighted by atomic mass is 32.1. The van der Waals surface area contributed by atoms with E-state index in [4.69, 9.17) is 12.2 Å². The first-order valence-electron chi connectivity index (χ1n) is 5.22. The smallest absolute Gasteiger partial charge is 0.330 e. The molecule has 1 aromatic heterocycles. The maximum atomic E-state index is 13.2. The highest BCUT2D eigenvalue weighted by molar-refractivity contribution is 7.71. The summed E-state index contributed by atoms with van der Waals surface area (Å²) in [4.78, 5) is 6.52. The van der Waals surface area contributed by atoms with Gasteiger partial charge in [-0.2, -0.15) is 13.2 Å². The Kier molecular flexibility index (Phi) is 3.40. The molecular weight excluding hydrogens is 280 g/mol. The molecule has 2 rings (SSSR count). The topological polar surface area (TPSA) is 28.7 Å². The molecular formula is C12H8F4N2S. The number of aryl methyl sites for hydroxylation is 1. The fraction of sp³-hybridized carbons (Fsp3) is 0.167. The van der Waals surface area contributed by atoms with E-state index in [-0.39, 0.29) is 10.3 Å². The fourth-order valence-electron chi connectivity index (χ4n) is 1.66. The summed E-state index contributed by atoms with van der Waals surface area (Å²) < 4.78 is 51.3. The van der Waals surface area contributed by atoms with E-state index in [9.17, 15) is 17.6 Å². The number of nitrogens with one attached hydrogen (secondary N) is 1. The van der Waals surface area contributed by atoms with Gasteiger partial charge in [-0.25, -0.2) is 9.37 Å².